The van der Waals surface area contributed by atoms with Crippen LogP contribution in [0.25, 0.3) is 0 Å². The highest BCUT2D eigenvalue weighted by atomic mass is 16.5. The molecule has 6 nitrogen and oxygen atoms in total. The zero-order valence-corrected chi connectivity index (χ0v) is 15.6. The number of methoxy groups -OCH3 is 1. The lowest BCUT2D eigenvalue weighted by molar-refractivity contribution is -0.143. The number of H-pyrrole nitrogens is 1. The number of esters is 1. The van der Waals surface area contributed by atoms with Crippen LogP contribution in [-0.4, -0.2) is 22.6 Å². The number of ether oxygens (including phenoxy) is 1. The molecule has 0 spiro atoms. The summed E-state index contributed by atoms with van der Waals surface area (Å²) < 4.78 is 6.07. The van der Waals surface area contributed by atoms with E-state index in [1.165, 1.54) is 17.8 Å². The first-order chi connectivity index (χ1) is 12.3. The third-order valence-corrected chi connectivity index (χ3v) is 4.30. The number of nitrogens with zero attached hydrogens (tertiary/aromatic N) is 1. The zero-order chi connectivity index (χ0) is 19.4. The van der Waals surface area contributed by atoms with Crippen LogP contribution in [0.3, 0.4) is 0 Å². The van der Waals surface area contributed by atoms with Crippen LogP contribution in [-0.2, 0) is 22.4 Å². The van der Waals surface area contributed by atoms with Crippen molar-refractivity contribution in [3.8, 4) is 0 Å². The van der Waals surface area contributed by atoms with Crippen molar-refractivity contribution in [2.45, 2.75) is 39.7 Å². The number of benzene rings is 1. The van der Waals surface area contributed by atoms with Gasteiger partial charge in [0.2, 0.25) is 0 Å². The molecule has 0 saturated carbocycles. The number of hydrogen-bond donors (Lipinski definition) is 1. The fraction of sp³-hybridized carbons (Fsp3) is 0.350. The number of aryl methyl sites for hydroxylation is 2. The van der Waals surface area contributed by atoms with Gasteiger partial charge in [0.1, 0.15) is 0 Å². The molecule has 1 heterocycles. The van der Waals surface area contributed by atoms with E-state index in [2.05, 4.69) is 17.6 Å². The van der Waals surface area contributed by atoms with Crippen molar-refractivity contribution in [2.24, 2.45) is 0 Å². The lowest BCUT2D eigenvalue weighted by Crippen LogP contribution is -2.39. The van der Waals surface area contributed by atoms with Gasteiger partial charge >= 0.3 is 11.7 Å². The van der Waals surface area contributed by atoms with E-state index in [9.17, 15) is 14.4 Å². The number of aromatic amines is 1. The number of nitrogens with one attached hydrogen (secondary N) is 1. The molecule has 0 radical (unpaired) electrons. The third-order valence-electron chi connectivity index (χ3n) is 4.30. The maximum atomic E-state index is 12.5. The quantitative estimate of drug-likeness (QED) is 0.635. The minimum absolute atomic E-state index is 0.353. The zero-order valence-electron chi connectivity index (χ0n) is 15.6. The molecule has 2 rings (SSSR count). The maximum Gasteiger partial charge on any atom is 0.333 e. The summed E-state index contributed by atoms with van der Waals surface area (Å²) in [6.07, 6.45) is 2.13. The van der Waals surface area contributed by atoms with Gasteiger partial charge in [0.25, 0.3) is 5.56 Å². The molecule has 0 aliphatic carbocycles. The predicted molar refractivity (Wildman–Crippen MR) is 101 cm³/mol. The molecule has 0 amide bonds. The molecule has 1 atom stereocenters. The molecule has 1 aromatic heterocycles. The molecule has 0 saturated heterocycles. The Kier molecular flexibility index (Phi) is 5.97. The van der Waals surface area contributed by atoms with E-state index in [1.54, 1.807) is 0 Å². The van der Waals surface area contributed by atoms with Gasteiger partial charge in [-0.25, -0.2) is 9.59 Å². The molecule has 2 aromatic rings. The Hall–Kier alpha value is -2.89. The van der Waals surface area contributed by atoms with Crippen molar-refractivity contribution in [1.82, 2.24) is 9.55 Å². The first-order valence-corrected chi connectivity index (χ1v) is 8.46. The molecule has 1 unspecified atom stereocenters. The molecule has 1 aromatic carbocycles. The Morgan fingerprint density at radius 2 is 1.88 bits per heavy atom. The van der Waals surface area contributed by atoms with Gasteiger partial charge in [-0.1, -0.05) is 42.3 Å². The topological polar surface area (TPSA) is 81.2 Å². The van der Waals surface area contributed by atoms with E-state index in [0.29, 0.717) is 24.1 Å². The molecule has 26 heavy (non-hydrogen) atoms. The molecule has 1 N–H and O–H groups in total. The molecule has 0 aliphatic rings. The maximum absolute atomic E-state index is 12.5. The summed E-state index contributed by atoms with van der Waals surface area (Å²) in [5, 5.41) is 0. The SMILES string of the molecule is C=CC(C(=O)OC)n1c(Cc2cc(C)cc(C)c2)c(CC)c(=O)[nH]c1=O. The average molecular weight is 356 g/mol. The van der Waals surface area contributed by atoms with Crippen molar-refractivity contribution < 1.29 is 9.53 Å². The Labute approximate surface area is 152 Å². The molecule has 0 bridgehead atoms. The van der Waals surface area contributed by atoms with Crippen LogP contribution in [0.2, 0.25) is 0 Å². The number of carbonyl (C=O) groups is 1. The third kappa shape index (κ3) is 3.85. The molecular formula is C20H24N2O4. The second-order valence-corrected chi connectivity index (χ2v) is 6.28. The Bertz CT molecular complexity index is 933. The number of rotatable bonds is 6. The summed E-state index contributed by atoms with van der Waals surface area (Å²) in [6, 6.07) is 5.05. The fourth-order valence-electron chi connectivity index (χ4n) is 3.27. The van der Waals surface area contributed by atoms with Gasteiger partial charge < -0.3 is 4.74 Å². The van der Waals surface area contributed by atoms with Crippen LogP contribution in [0.5, 0.6) is 0 Å². The van der Waals surface area contributed by atoms with Gasteiger partial charge in [-0.3, -0.25) is 14.3 Å². The van der Waals surface area contributed by atoms with E-state index in [-0.39, 0.29) is 0 Å². The van der Waals surface area contributed by atoms with E-state index in [4.69, 9.17) is 4.74 Å². The second kappa shape index (κ2) is 7.99. The van der Waals surface area contributed by atoms with Crippen molar-refractivity contribution in [2.75, 3.05) is 7.11 Å². The average Bonchev–Trinajstić information content (AvgIpc) is 2.56. The van der Waals surface area contributed by atoms with Crippen LogP contribution < -0.4 is 11.2 Å². The molecule has 6 heteroatoms. The monoisotopic (exact) mass is 356 g/mol. The minimum atomic E-state index is -1.00. The minimum Gasteiger partial charge on any atom is -0.467 e. The molecule has 0 aliphatic heterocycles. The van der Waals surface area contributed by atoms with Gasteiger partial charge in [-0.2, -0.15) is 0 Å². The normalized spacial score (nSPS) is 11.8. The molecule has 138 valence electrons. The summed E-state index contributed by atoms with van der Waals surface area (Å²) in [5.41, 5.74) is 3.03. The second-order valence-electron chi connectivity index (χ2n) is 6.28. The van der Waals surface area contributed by atoms with Crippen LogP contribution in [0.4, 0.5) is 0 Å². The van der Waals surface area contributed by atoms with Crippen molar-refractivity contribution in [3.63, 3.8) is 0 Å². The summed E-state index contributed by atoms with van der Waals surface area (Å²) in [7, 11) is 1.25. The van der Waals surface area contributed by atoms with E-state index >= 15 is 0 Å². The predicted octanol–water partition coefficient (Wildman–Crippen LogP) is 2.21. The van der Waals surface area contributed by atoms with Crippen LogP contribution in [0, 0.1) is 13.8 Å². The molecule has 0 fully saturated rings. The highest BCUT2D eigenvalue weighted by molar-refractivity contribution is 5.76. The Balaban J connectivity index is 2.75. The van der Waals surface area contributed by atoms with Crippen LogP contribution in [0.15, 0.2) is 40.4 Å². The van der Waals surface area contributed by atoms with E-state index < -0.39 is 23.3 Å². The van der Waals surface area contributed by atoms with Gasteiger partial charge in [-0.05, 0) is 25.8 Å². The van der Waals surface area contributed by atoms with Gasteiger partial charge in [0.05, 0.1) is 7.11 Å². The summed E-state index contributed by atoms with van der Waals surface area (Å²) >= 11 is 0. The number of hydrogen-bond acceptors (Lipinski definition) is 4. The Morgan fingerprint density at radius 1 is 1.27 bits per heavy atom. The molecular weight excluding hydrogens is 332 g/mol. The van der Waals surface area contributed by atoms with E-state index in [0.717, 1.165) is 16.7 Å². The first-order valence-electron chi connectivity index (χ1n) is 8.46. The largest absolute Gasteiger partial charge is 0.467 e. The summed E-state index contributed by atoms with van der Waals surface area (Å²) in [5.74, 6) is -0.613. The van der Waals surface area contributed by atoms with Crippen LogP contribution in [0.1, 0.15) is 40.9 Å². The highest BCUT2D eigenvalue weighted by Crippen LogP contribution is 2.19. The lowest BCUT2D eigenvalue weighted by Gasteiger charge is -2.20. The number of aromatic nitrogens is 2. The smallest absolute Gasteiger partial charge is 0.333 e. The van der Waals surface area contributed by atoms with E-state index in [1.807, 2.05) is 32.9 Å². The van der Waals surface area contributed by atoms with Gasteiger partial charge in [0, 0.05) is 17.7 Å². The Morgan fingerprint density at radius 3 is 2.38 bits per heavy atom. The van der Waals surface area contributed by atoms with Crippen molar-refractivity contribution >= 4 is 5.97 Å². The summed E-state index contributed by atoms with van der Waals surface area (Å²) in [6.45, 7) is 9.47. The summed E-state index contributed by atoms with van der Waals surface area (Å²) in [4.78, 5) is 39.3. The highest BCUT2D eigenvalue weighted by Gasteiger charge is 2.24. The van der Waals surface area contributed by atoms with Gasteiger partial charge in [0.15, 0.2) is 6.04 Å². The van der Waals surface area contributed by atoms with Gasteiger partial charge in [-0.15, -0.1) is 6.58 Å². The van der Waals surface area contributed by atoms with Crippen LogP contribution >= 0.6 is 0 Å². The van der Waals surface area contributed by atoms with Crippen molar-refractivity contribution in [1.29, 1.82) is 0 Å². The number of carbonyl (C=O) groups excluding carboxylic acids is 1. The standard InChI is InChI=1S/C20H24N2O4/c1-6-15-17(11-14-9-12(3)8-13(4)10-14)22(20(25)21-18(15)23)16(7-2)19(24)26-5/h7-10,16H,2,6,11H2,1,3-5H3,(H,21,23,25). The fourth-order valence-corrected chi connectivity index (χ4v) is 3.27. The lowest BCUT2D eigenvalue weighted by atomic mass is 10.00. The van der Waals surface area contributed by atoms with Crippen molar-refractivity contribution in [3.05, 3.63) is 79.6 Å². The first kappa shape index (κ1) is 19.4.